The number of nitrogens with zero attached hydrogens (tertiary/aromatic N) is 1. The molecule has 1 amide bonds. The van der Waals surface area contributed by atoms with Crippen molar-refractivity contribution in [3.8, 4) is 17.6 Å². The Balaban J connectivity index is 3.09. The molecule has 5 heteroatoms. The molecule has 0 saturated carbocycles. The van der Waals surface area contributed by atoms with Gasteiger partial charge in [-0.25, -0.2) is 0 Å². The van der Waals surface area contributed by atoms with Gasteiger partial charge in [-0.1, -0.05) is 6.08 Å². The summed E-state index contributed by atoms with van der Waals surface area (Å²) in [6.07, 6.45) is 3.02. The average molecular weight is 272 g/mol. The Kier molecular flexibility index (Phi) is 5.85. The number of hydrogen-bond donors (Lipinski definition) is 1. The van der Waals surface area contributed by atoms with Crippen LogP contribution >= 0.6 is 0 Å². The van der Waals surface area contributed by atoms with E-state index in [4.69, 9.17) is 14.7 Å². The van der Waals surface area contributed by atoms with Gasteiger partial charge in [0.25, 0.3) is 5.91 Å². The fourth-order valence-electron chi connectivity index (χ4n) is 1.49. The van der Waals surface area contributed by atoms with Crippen LogP contribution in [0.5, 0.6) is 11.5 Å². The first kappa shape index (κ1) is 15.3. The van der Waals surface area contributed by atoms with E-state index in [0.29, 0.717) is 23.6 Å². The summed E-state index contributed by atoms with van der Waals surface area (Å²) in [7, 11) is 3.06. The summed E-state index contributed by atoms with van der Waals surface area (Å²) < 4.78 is 10.3. The van der Waals surface area contributed by atoms with Crippen LogP contribution in [0.3, 0.4) is 0 Å². The third-order valence-corrected chi connectivity index (χ3v) is 2.46. The highest BCUT2D eigenvalue weighted by Crippen LogP contribution is 2.23. The van der Waals surface area contributed by atoms with Gasteiger partial charge in [-0.2, -0.15) is 5.26 Å². The molecule has 5 nitrogen and oxygen atoms in total. The number of amides is 1. The molecule has 0 heterocycles. The second-order valence-electron chi connectivity index (χ2n) is 3.81. The van der Waals surface area contributed by atoms with Crippen molar-refractivity contribution in [3.63, 3.8) is 0 Å². The number of nitrogens with one attached hydrogen (secondary N) is 1. The lowest BCUT2D eigenvalue weighted by Crippen LogP contribution is -2.24. The molecule has 0 bridgehead atoms. The van der Waals surface area contributed by atoms with Gasteiger partial charge in [0.15, 0.2) is 0 Å². The van der Waals surface area contributed by atoms with Crippen LogP contribution in [-0.4, -0.2) is 26.7 Å². The van der Waals surface area contributed by atoms with Gasteiger partial charge in [0.1, 0.15) is 23.1 Å². The van der Waals surface area contributed by atoms with E-state index in [0.717, 1.165) is 0 Å². The van der Waals surface area contributed by atoms with Gasteiger partial charge in [0, 0.05) is 12.6 Å². The van der Waals surface area contributed by atoms with Crippen LogP contribution in [0.2, 0.25) is 0 Å². The van der Waals surface area contributed by atoms with E-state index >= 15 is 0 Å². The van der Waals surface area contributed by atoms with Crippen LogP contribution in [0.15, 0.2) is 36.4 Å². The smallest absolute Gasteiger partial charge is 0.262 e. The highest BCUT2D eigenvalue weighted by molar-refractivity contribution is 6.01. The monoisotopic (exact) mass is 272 g/mol. The van der Waals surface area contributed by atoms with Crippen molar-refractivity contribution >= 4 is 12.0 Å². The summed E-state index contributed by atoms with van der Waals surface area (Å²) in [5.74, 6) is 0.716. The van der Waals surface area contributed by atoms with Crippen molar-refractivity contribution in [2.45, 2.75) is 0 Å². The second-order valence-corrected chi connectivity index (χ2v) is 3.81. The topological polar surface area (TPSA) is 71.4 Å². The van der Waals surface area contributed by atoms with Crippen molar-refractivity contribution in [1.29, 1.82) is 5.26 Å². The molecule has 0 fully saturated rings. The number of methoxy groups -OCH3 is 2. The number of nitriles is 1. The zero-order valence-corrected chi connectivity index (χ0v) is 11.5. The summed E-state index contributed by atoms with van der Waals surface area (Å²) in [5.41, 5.74) is 0.647. The Bertz CT molecular complexity index is 549. The Morgan fingerprint density at radius 3 is 2.40 bits per heavy atom. The molecular formula is C15H16N2O3. The summed E-state index contributed by atoms with van der Waals surface area (Å²) >= 11 is 0. The first-order valence-electron chi connectivity index (χ1n) is 5.88. The van der Waals surface area contributed by atoms with E-state index in [2.05, 4.69) is 11.9 Å². The van der Waals surface area contributed by atoms with Gasteiger partial charge in [0.2, 0.25) is 0 Å². The van der Waals surface area contributed by atoms with Crippen LogP contribution < -0.4 is 14.8 Å². The molecule has 1 aromatic carbocycles. The van der Waals surface area contributed by atoms with Gasteiger partial charge in [-0.15, -0.1) is 6.58 Å². The zero-order valence-electron chi connectivity index (χ0n) is 11.5. The molecule has 0 aliphatic rings. The predicted octanol–water partition coefficient (Wildman–Crippen LogP) is 1.91. The lowest BCUT2D eigenvalue weighted by atomic mass is 10.1. The van der Waals surface area contributed by atoms with Gasteiger partial charge in [0.05, 0.1) is 14.2 Å². The molecule has 104 valence electrons. The van der Waals surface area contributed by atoms with E-state index in [1.165, 1.54) is 20.3 Å². The van der Waals surface area contributed by atoms with E-state index in [-0.39, 0.29) is 5.57 Å². The first-order valence-corrected chi connectivity index (χ1v) is 5.88. The summed E-state index contributed by atoms with van der Waals surface area (Å²) in [5, 5.41) is 11.6. The standard InChI is InChI=1S/C15H16N2O3/c1-4-5-17-15(18)12(10-16)6-11-7-13(19-2)9-14(8-11)20-3/h4,6-9H,1,5H2,2-3H3,(H,17,18)/b12-6+. The lowest BCUT2D eigenvalue weighted by Gasteiger charge is -2.06. The minimum atomic E-state index is -0.450. The number of carbonyl (C=O) groups is 1. The Morgan fingerprint density at radius 2 is 1.95 bits per heavy atom. The van der Waals surface area contributed by atoms with Crippen LogP contribution in [-0.2, 0) is 4.79 Å². The van der Waals surface area contributed by atoms with Gasteiger partial charge in [-0.3, -0.25) is 4.79 Å². The normalized spacial score (nSPS) is 10.3. The largest absolute Gasteiger partial charge is 0.497 e. The van der Waals surface area contributed by atoms with Gasteiger partial charge >= 0.3 is 0 Å². The maximum atomic E-state index is 11.7. The van der Waals surface area contributed by atoms with Crippen molar-refractivity contribution in [2.75, 3.05) is 20.8 Å². The van der Waals surface area contributed by atoms with Crippen LogP contribution in [0.4, 0.5) is 0 Å². The minimum Gasteiger partial charge on any atom is -0.497 e. The first-order chi connectivity index (χ1) is 9.64. The summed E-state index contributed by atoms with van der Waals surface area (Å²) in [6, 6.07) is 6.99. The molecule has 0 radical (unpaired) electrons. The fourth-order valence-corrected chi connectivity index (χ4v) is 1.49. The van der Waals surface area contributed by atoms with Crippen molar-refractivity contribution < 1.29 is 14.3 Å². The van der Waals surface area contributed by atoms with Crippen LogP contribution in [0.25, 0.3) is 6.08 Å². The van der Waals surface area contributed by atoms with E-state index in [1.807, 2.05) is 6.07 Å². The molecule has 20 heavy (non-hydrogen) atoms. The number of hydrogen-bond acceptors (Lipinski definition) is 4. The Hall–Kier alpha value is -2.74. The van der Waals surface area contributed by atoms with Gasteiger partial charge in [-0.05, 0) is 23.8 Å². The fraction of sp³-hybridized carbons (Fsp3) is 0.200. The second kappa shape index (κ2) is 7.64. The molecule has 1 N–H and O–H groups in total. The van der Waals surface area contributed by atoms with Crippen LogP contribution in [0.1, 0.15) is 5.56 Å². The molecule has 0 unspecified atom stereocenters. The predicted molar refractivity (Wildman–Crippen MR) is 76.3 cm³/mol. The number of ether oxygens (including phenoxy) is 2. The summed E-state index contributed by atoms with van der Waals surface area (Å²) in [6.45, 7) is 3.80. The van der Waals surface area contributed by atoms with E-state index < -0.39 is 5.91 Å². The third-order valence-electron chi connectivity index (χ3n) is 2.46. The van der Waals surface area contributed by atoms with Crippen molar-refractivity contribution in [2.24, 2.45) is 0 Å². The third kappa shape index (κ3) is 4.18. The number of rotatable bonds is 6. The lowest BCUT2D eigenvalue weighted by molar-refractivity contribution is -0.116. The van der Waals surface area contributed by atoms with Crippen molar-refractivity contribution in [3.05, 3.63) is 42.0 Å². The maximum absolute atomic E-state index is 11.7. The Morgan fingerprint density at radius 1 is 1.35 bits per heavy atom. The number of carbonyl (C=O) groups excluding carboxylic acids is 1. The molecule has 0 saturated heterocycles. The highest BCUT2D eigenvalue weighted by Gasteiger charge is 2.08. The maximum Gasteiger partial charge on any atom is 0.262 e. The summed E-state index contributed by atoms with van der Waals surface area (Å²) in [4.78, 5) is 11.7. The molecule has 0 atom stereocenters. The molecule has 0 aliphatic heterocycles. The highest BCUT2D eigenvalue weighted by atomic mass is 16.5. The molecular weight excluding hydrogens is 256 g/mol. The average Bonchev–Trinajstić information content (AvgIpc) is 2.49. The van der Waals surface area contributed by atoms with Crippen molar-refractivity contribution in [1.82, 2.24) is 5.32 Å². The zero-order chi connectivity index (χ0) is 15.0. The molecule has 1 rings (SSSR count). The molecule has 0 aromatic heterocycles. The number of benzene rings is 1. The molecule has 1 aromatic rings. The Labute approximate surface area is 118 Å². The molecule has 0 spiro atoms. The van der Waals surface area contributed by atoms with E-state index in [1.54, 1.807) is 24.3 Å². The van der Waals surface area contributed by atoms with Crippen LogP contribution in [0, 0.1) is 11.3 Å². The SMILES string of the molecule is C=CCNC(=O)/C(C#N)=C/c1cc(OC)cc(OC)c1. The van der Waals surface area contributed by atoms with Gasteiger partial charge < -0.3 is 14.8 Å². The minimum absolute atomic E-state index is 0.00200. The quantitative estimate of drug-likeness (QED) is 0.488. The molecule has 0 aliphatic carbocycles. The van der Waals surface area contributed by atoms with E-state index in [9.17, 15) is 4.79 Å².